The Bertz CT molecular complexity index is 1400. The van der Waals surface area contributed by atoms with E-state index >= 15 is 0 Å². The summed E-state index contributed by atoms with van der Waals surface area (Å²) in [6, 6.07) is 8.74. The predicted molar refractivity (Wildman–Crippen MR) is 130 cm³/mol. The fourth-order valence-electron chi connectivity index (χ4n) is 3.06. The molecule has 0 saturated heterocycles. The van der Waals surface area contributed by atoms with Crippen molar-refractivity contribution in [2.75, 3.05) is 37.6 Å². The van der Waals surface area contributed by atoms with E-state index in [4.69, 9.17) is 9.88 Å². The van der Waals surface area contributed by atoms with Crippen molar-refractivity contribution < 1.29 is 30.9 Å². The van der Waals surface area contributed by atoms with Gasteiger partial charge in [0.15, 0.2) is 0 Å². The van der Waals surface area contributed by atoms with E-state index in [1.54, 1.807) is 13.3 Å². The number of hydrogen-bond acceptors (Lipinski definition) is 9. The van der Waals surface area contributed by atoms with E-state index in [9.17, 15) is 26.2 Å². The summed E-state index contributed by atoms with van der Waals surface area (Å²) >= 11 is 0. The third-order valence-electron chi connectivity index (χ3n) is 4.89. The summed E-state index contributed by atoms with van der Waals surface area (Å²) in [5.41, 5.74) is 0.222. The Balaban J connectivity index is 1.81. The molecule has 10 nitrogen and oxygen atoms in total. The number of anilines is 3. The Hall–Kier alpha value is -3.22. The van der Waals surface area contributed by atoms with Crippen LogP contribution in [0.5, 0.6) is 5.88 Å². The van der Waals surface area contributed by atoms with Crippen LogP contribution in [0.2, 0.25) is 0 Å². The fraction of sp³-hybridized carbons (Fsp3) is 0.286. The van der Waals surface area contributed by atoms with Gasteiger partial charge in [-0.15, -0.1) is 0 Å². The lowest BCUT2D eigenvalue weighted by Gasteiger charge is -2.16. The molecule has 0 spiro atoms. The topological polar surface area (TPSA) is 149 Å². The molecule has 0 aliphatic carbocycles. The molecule has 3 rings (SSSR count). The van der Waals surface area contributed by atoms with Crippen LogP contribution in [0.15, 0.2) is 47.5 Å². The molecule has 0 aliphatic rings. The minimum Gasteiger partial charge on any atom is -0.479 e. The third-order valence-corrected chi connectivity index (χ3v) is 7.17. The molecule has 194 valence electrons. The molecule has 0 atom stereocenters. The number of hydrogen-bond donors (Lipinski definition) is 3. The van der Waals surface area contributed by atoms with Gasteiger partial charge in [-0.05, 0) is 49.6 Å². The number of halogens is 3. The van der Waals surface area contributed by atoms with Gasteiger partial charge in [0, 0.05) is 12.7 Å². The number of aromatic nitrogens is 3. The van der Waals surface area contributed by atoms with Crippen molar-refractivity contribution >= 4 is 40.1 Å². The summed E-state index contributed by atoms with van der Waals surface area (Å²) in [5.74, 6) is -0.513. The van der Waals surface area contributed by atoms with Crippen molar-refractivity contribution in [2.24, 2.45) is 5.14 Å². The molecule has 1 aromatic carbocycles. The molecule has 0 unspecified atom stereocenters. The second kappa shape index (κ2) is 10.4. The summed E-state index contributed by atoms with van der Waals surface area (Å²) in [4.78, 5) is 11.9. The van der Waals surface area contributed by atoms with Gasteiger partial charge in [0.05, 0.1) is 12.0 Å². The number of alkyl halides is 3. The number of nitrogens with two attached hydrogens (primary N) is 1. The van der Waals surface area contributed by atoms with Gasteiger partial charge in [-0.2, -0.15) is 18.2 Å². The molecule has 2 aromatic heterocycles. The first-order chi connectivity index (χ1) is 16.7. The molecule has 0 fully saturated rings. The second-order valence-corrected chi connectivity index (χ2v) is 12.7. The first kappa shape index (κ1) is 27.4. The zero-order chi connectivity index (χ0) is 26.7. The second-order valence-electron chi connectivity index (χ2n) is 8.02. The number of nitrogens with zero attached hydrogens (tertiary/aromatic N) is 3. The van der Waals surface area contributed by atoms with E-state index in [0.29, 0.717) is 17.2 Å². The molecule has 15 heteroatoms. The highest BCUT2D eigenvalue weighted by atomic mass is 32.2. The summed E-state index contributed by atoms with van der Waals surface area (Å²) in [7, 11) is -5.16. The van der Waals surface area contributed by atoms with Crippen molar-refractivity contribution in [3.05, 3.63) is 53.7 Å². The van der Waals surface area contributed by atoms with Crippen LogP contribution in [0.4, 0.5) is 30.6 Å². The van der Waals surface area contributed by atoms with E-state index in [1.165, 1.54) is 43.5 Å². The number of sulfonamides is 1. The van der Waals surface area contributed by atoms with Crippen molar-refractivity contribution in [3.8, 4) is 5.88 Å². The molecule has 0 saturated carbocycles. The maximum atomic E-state index is 13.5. The first-order valence-corrected chi connectivity index (χ1v) is 14.5. The van der Waals surface area contributed by atoms with Gasteiger partial charge >= 0.3 is 6.18 Å². The van der Waals surface area contributed by atoms with Gasteiger partial charge in [0.1, 0.15) is 29.6 Å². The standard InChI is InChI=1S/C21H24F3N6O4PS/c1-34-19-16(8-9-17(29-19)35(2,3)31)28-20-27-12-15(21(22,23)24)18(30-20)26-11-10-13-4-6-14(7-5-13)36(25,32)33/h4-9,12H,10-11H2,1-3H3,(H2,25,32,33)(H2,26,27,28,30). The third kappa shape index (κ3) is 6.93. The molecular weight excluding hydrogens is 520 g/mol. The molecule has 0 radical (unpaired) electrons. The molecule has 0 amide bonds. The molecule has 3 aromatic rings. The molecule has 0 bridgehead atoms. The molecular formula is C21H24F3N6O4PS. The monoisotopic (exact) mass is 544 g/mol. The zero-order valence-corrected chi connectivity index (χ0v) is 21.2. The predicted octanol–water partition coefficient (Wildman–Crippen LogP) is 3.19. The number of methoxy groups -OCH3 is 1. The lowest BCUT2D eigenvalue weighted by atomic mass is 10.1. The van der Waals surface area contributed by atoms with Crippen LogP contribution in [0, 0.1) is 0 Å². The SMILES string of the molecule is COc1nc(P(C)(C)=O)ccc1Nc1ncc(C(F)(F)F)c(NCCc2ccc(S(N)(=O)=O)cc2)n1. The van der Waals surface area contributed by atoms with Crippen LogP contribution in [-0.4, -0.2) is 50.4 Å². The first-order valence-electron chi connectivity index (χ1n) is 10.4. The zero-order valence-electron chi connectivity index (χ0n) is 19.5. The molecule has 2 heterocycles. The lowest BCUT2D eigenvalue weighted by molar-refractivity contribution is -0.137. The van der Waals surface area contributed by atoms with E-state index in [-0.39, 0.29) is 35.4 Å². The normalized spacial score (nSPS) is 12.3. The summed E-state index contributed by atoms with van der Waals surface area (Å²) in [6.07, 6.45) is -3.77. The van der Waals surface area contributed by atoms with Crippen LogP contribution < -0.4 is 25.9 Å². The largest absolute Gasteiger partial charge is 0.479 e. The Morgan fingerprint density at radius 2 is 1.75 bits per heavy atom. The van der Waals surface area contributed by atoms with Crippen molar-refractivity contribution in [1.82, 2.24) is 15.0 Å². The average molecular weight is 544 g/mol. The van der Waals surface area contributed by atoms with Crippen molar-refractivity contribution in [3.63, 3.8) is 0 Å². The van der Waals surface area contributed by atoms with E-state index in [2.05, 4.69) is 25.6 Å². The van der Waals surface area contributed by atoms with Gasteiger partial charge in [-0.25, -0.2) is 23.5 Å². The van der Waals surface area contributed by atoms with E-state index < -0.39 is 34.7 Å². The Morgan fingerprint density at radius 1 is 1.08 bits per heavy atom. The van der Waals surface area contributed by atoms with Crippen molar-refractivity contribution in [1.29, 1.82) is 0 Å². The highest BCUT2D eigenvalue weighted by Gasteiger charge is 2.35. The number of nitrogens with one attached hydrogen (secondary N) is 2. The maximum Gasteiger partial charge on any atom is 0.421 e. The van der Waals surface area contributed by atoms with Crippen molar-refractivity contribution in [2.45, 2.75) is 17.5 Å². The maximum absolute atomic E-state index is 13.5. The average Bonchev–Trinajstić information content (AvgIpc) is 2.78. The molecule has 36 heavy (non-hydrogen) atoms. The highest BCUT2D eigenvalue weighted by molar-refractivity contribution is 7.89. The summed E-state index contributed by atoms with van der Waals surface area (Å²) < 4.78 is 80.8. The Morgan fingerprint density at radius 3 is 2.31 bits per heavy atom. The van der Waals surface area contributed by atoms with Crippen LogP contribution in [0.3, 0.4) is 0 Å². The van der Waals surface area contributed by atoms with Gasteiger partial charge < -0.3 is 19.9 Å². The van der Waals surface area contributed by atoms with E-state index in [0.717, 1.165) is 0 Å². The number of ether oxygens (including phenoxy) is 1. The Kier molecular flexibility index (Phi) is 7.91. The minimum absolute atomic E-state index is 0.0656. The van der Waals surface area contributed by atoms with Crippen LogP contribution in [0.1, 0.15) is 11.1 Å². The molecule has 0 aliphatic heterocycles. The quantitative estimate of drug-likeness (QED) is 0.345. The van der Waals surface area contributed by atoms with Crippen LogP contribution in [0.25, 0.3) is 0 Å². The molecule has 4 N–H and O–H groups in total. The highest BCUT2D eigenvalue weighted by Crippen LogP contribution is 2.37. The van der Waals surface area contributed by atoms with Gasteiger partial charge in [-0.1, -0.05) is 12.1 Å². The summed E-state index contributed by atoms with van der Waals surface area (Å²) in [6.45, 7) is 3.16. The number of benzene rings is 1. The Labute approximate surface area is 205 Å². The smallest absolute Gasteiger partial charge is 0.421 e. The van der Waals surface area contributed by atoms with Gasteiger partial charge in [-0.3, -0.25) is 0 Å². The fourth-order valence-corrected chi connectivity index (χ4v) is 4.34. The van der Waals surface area contributed by atoms with Gasteiger partial charge in [0.2, 0.25) is 21.9 Å². The number of rotatable bonds is 9. The van der Waals surface area contributed by atoms with E-state index in [1.807, 2.05) is 0 Å². The summed E-state index contributed by atoms with van der Waals surface area (Å²) in [5, 5.41) is 10.5. The van der Waals surface area contributed by atoms with Gasteiger partial charge in [0.25, 0.3) is 0 Å². The van der Waals surface area contributed by atoms with Crippen LogP contribution in [-0.2, 0) is 27.2 Å². The number of pyridine rings is 1. The lowest BCUT2D eigenvalue weighted by Crippen LogP contribution is -2.16. The minimum atomic E-state index is -4.71. The number of primary sulfonamides is 1. The van der Waals surface area contributed by atoms with Crippen LogP contribution >= 0.6 is 7.14 Å².